The SMILES string of the molecule is CCNC(=NCC1CCCN1CC)NCCCCN1CCN(CC)CC1.I. The molecule has 7 heteroatoms. The van der Waals surface area contributed by atoms with Gasteiger partial charge >= 0.3 is 0 Å². The first kappa shape index (κ1) is 24.9. The first-order valence-electron chi connectivity index (χ1n) is 11.0. The van der Waals surface area contributed by atoms with Crippen molar-refractivity contribution in [3.05, 3.63) is 0 Å². The number of rotatable bonds is 10. The number of likely N-dealkylation sites (N-methyl/N-ethyl adjacent to an activating group) is 2. The summed E-state index contributed by atoms with van der Waals surface area (Å²) in [5, 5.41) is 6.92. The van der Waals surface area contributed by atoms with E-state index in [0.29, 0.717) is 6.04 Å². The van der Waals surface area contributed by atoms with Gasteiger partial charge in [-0.25, -0.2) is 0 Å². The molecule has 160 valence electrons. The summed E-state index contributed by atoms with van der Waals surface area (Å²) < 4.78 is 0. The summed E-state index contributed by atoms with van der Waals surface area (Å²) in [5.74, 6) is 0.993. The van der Waals surface area contributed by atoms with Gasteiger partial charge in [-0.05, 0) is 58.8 Å². The molecule has 2 saturated heterocycles. The fourth-order valence-electron chi connectivity index (χ4n) is 4.05. The molecule has 0 amide bonds. The fourth-order valence-corrected chi connectivity index (χ4v) is 4.05. The van der Waals surface area contributed by atoms with Gasteiger partial charge in [0.25, 0.3) is 0 Å². The van der Waals surface area contributed by atoms with Gasteiger partial charge in [0.15, 0.2) is 5.96 Å². The van der Waals surface area contributed by atoms with E-state index in [9.17, 15) is 0 Å². The van der Waals surface area contributed by atoms with Crippen LogP contribution >= 0.6 is 24.0 Å². The number of hydrogen-bond donors (Lipinski definition) is 2. The minimum Gasteiger partial charge on any atom is -0.357 e. The zero-order chi connectivity index (χ0) is 18.6. The van der Waals surface area contributed by atoms with Gasteiger partial charge < -0.3 is 20.4 Å². The third kappa shape index (κ3) is 9.28. The van der Waals surface area contributed by atoms with Gasteiger partial charge in [-0.2, -0.15) is 0 Å². The molecule has 2 N–H and O–H groups in total. The lowest BCUT2D eigenvalue weighted by molar-refractivity contribution is 0.136. The Labute approximate surface area is 184 Å². The van der Waals surface area contributed by atoms with Crippen LogP contribution < -0.4 is 10.6 Å². The molecule has 1 atom stereocenters. The summed E-state index contributed by atoms with van der Waals surface area (Å²) in [7, 11) is 0. The van der Waals surface area contributed by atoms with Crippen molar-refractivity contribution in [2.75, 3.05) is 72.0 Å². The second-order valence-electron chi connectivity index (χ2n) is 7.55. The topological polar surface area (TPSA) is 46.1 Å². The largest absolute Gasteiger partial charge is 0.357 e. The lowest BCUT2D eigenvalue weighted by Crippen LogP contribution is -2.46. The van der Waals surface area contributed by atoms with Gasteiger partial charge in [0.2, 0.25) is 0 Å². The van der Waals surface area contributed by atoms with E-state index in [4.69, 9.17) is 4.99 Å². The van der Waals surface area contributed by atoms with E-state index in [-0.39, 0.29) is 24.0 Å². The number of likely N-dealkylation sites (tertiary alicyclic amines) is 1. The van der Waals surface area contributed by atoms with Crippen LogP contribution in [0.2, 0.25) is 0 Å². The van der Waals surface area contributed by atoms with E-state index in [1.165, 1.54) is 71.5 Å². The van der Waals surface area contributed by atoms with Gasteiger partial charge in [-0.3, -0.25) is 9.89 Å². The molecule has 27 heavy (non-hydrogen) atoms. The highest BCUT2D eigenvalue weighted by Gasteiger charge is 2.22. The highest BCUT2D eigenvalue weighted by molar-refractivity contribution is 14.0. The number of nitrogens with zero attached hydrogens (tertiary/aromatic N) is 4. The van der Waals surface area contributed by atoms with Crippen molar-refractivity contribution in [1.82, 2.24) is 25.3 Å². The van der Waals surface area contributed by atoms with Gasteiger partial charge in [0.1, 0.15) is 0 Å². The third-order valence-electron chi connectivity index (χ3n) is 5.82. The molecule has 2 rings (SSSR count). The van der Waals surface area contributed by atoms with Gasteiger partial charge in [-0.1, -0.05) is 13.8 Å². The number of hydrogen-bond acceptors (Lipinski definition) is 4. The Kier molecular flexibility index (Phi) is 13.7. The maximum Gasteiger partial charge on any atom is 0.191 e. The molecule has 1 unspecified atom stereocenters. The fraction of sp³-hybridized carbons (Fsp3) is 0.950. The molecule has 0 aromatic rings. The summed E-state index contributed by atoms with van der Waals surface area (Å²) >= 11 is 0. The molecular formula is C20H43IN6. The highest BCUT2D eigenvalue weighted by atomic mass is 127. The Morgan fingerprint density at radius 2 is 1.67 bits per heavy atom. The average molecular weight is 495 g/mol. The molecule has 0 saturated carbocycles. The zero-order valence-electron chi connectivity index (χ0n) is 17.9. The molecule has 0 radical (unpaired) electrons. The van der Waals surface area contributed by atoms with Crippen LogP contribution in [0.3, 0.4) is 0 Å². The van der Waals surface area contributed by atoms with Crippen molar-refractivity contribution >= 4 is 29.9 Å². The molecule has 2 aliphatic rings. The van der Waals surface area contributed by atoms with Crippen molar-refractivity contribution in [1.29, 1.82) is 0 Å². The second-order valence-corrected chi connectivity index (χ2v) is 7.55. The molecule has 0 aromatic heterocycles. The number of aliphatic imine (C=N–C) groups is 1. The summed E-state index contributed by atoms with van der Waals surface area (Å²) in [6.45, 7) is 19.3. The van der Waals surface area contributed by atoms with Crippen LogP contribution in [0.25, 0.3) is 0 Å². The molecule has 0 aliphatic carbocycles. The molecule has 0 bridgehead atoms. The number of halogens is 1. The lowest BCUT2D eigenvalue weighted by Gasteiger charge is -2.34. The molecule has 2 fully saturated rings. The Hall–Kier alpha value is -0.120. The molecule has 2 heterocycles. The molecule has 2 aliphatic heterocycles. The van der Waals surface area contributed by atoms with Crippen molar-refractivity contribution in [2.45, 2.75) is 52.5 Å². The second kappa shape index (κ2) is 14.8. The standard InChI is InChI=1S/C20H42N6.HI/c1-4-21-20(23-18-19-10-9-13-26(19)6-3)22-11-7-8-12-25-16-14-24(5-2)15-17-25;/h19H,4-18H2,1-3H3,(H2,21,22,23);1H. The lowest BCUT2D eigenvalue weighted by atomic mass is 10.2. The molecular weight excluding hydrogens is 451 g/mol. The molecule has 6 nitrogen and oxygen atoms in total. The molecule has 0 spiro atoms. The van der Waals surface area contributed by atoms with Crippen LogP contribution in [0.15, 0.2) is 4.99 Å². The van der Waals surface area contributed by atoms with E-state index in [1.807, 2.05) is 0 Å². The van der Waals surface area contributed by atoms with Crippen LogP contribution in [-0.4, -0.2) is 98.7 Å². The Morgan fingerprint density at radius 1 is 0.926 bits per heavy atom. The van der Waals surface area contributed by atoms with Gasteiger partial charge in [0, 0.05) is 45.3 Å². The van der Waals surface area contributed by atoms with Crippen LogP contribution in [0.4, 0.5) is 0 Å². The van der Waals surface area contributed by atoms with Gasteiger partial charge in [0.05, 0.1) is 6.54 Å². The maximum absolute atomic E-state index is 4.84. The number of unbranched alkanes of at least 4 members (excludes halogenated alkanes) is 1. The van der Waals surface area contributed by atoms with Crippen molar-refractivity contribution in [3.63, 3.8) is 0 Å². The minimum atomic E-state index is 0. The Morgan fingerprint density at radius 3 is 2.33 bits per heavy atom. The Balaban J connectivity index is 0.00000364. The summed E-state index contributed by atoms with van der Waals surface area (Å²) in [5.41, 5.74) is 0. The van der Waals surface area contributed by atoms with E-state index >= 15 is 0 Å². The normalized spacial score (nSPS) is 22.6. The monoisotopic (exact) mass is 494 g/mol. The predicted molar refractivity (Wildman–Crippen MR) is 127 cm³/mol. The quantitative estimate of drug-likeness (QED) is 0.211. The first-order chi connectivity index (χ1) is 12.8. The smallest absolute Gasteiger partial charge is 0.191 e. The zero-order valence-corrected chi connectivity index (χ0v) is 20.2. The number of piperazine rings is 1. The Bertz CT molecular complexity index is 398. The van der Waals surface area contributed by atoms with Crippen molar-refractivity contribution < 1.29 is 0 Å². The van der Waals surface area contributed by atoms with E-state index in [0.717, 1.165) is 32.1 Å². The first-order valence-corrected chi connectivity index (χ1v) is 11.0. The predicted octanol–water partition coefficient (Wildman–Crippen LogP) is 2.06. The summed E-state index contributed by atoms with van der Waals surface area (Å²) in [6, 6.07) is 0.636. The van der Waals surface area contributed by atoms with Crippen LogP contribution in [-0.2, 0) is 0 Å². The van der Waals surface area contributed by atoms with Crippen LogP contribution in [0, 0.1) is 0 Å². The van der Waals surface area contributed by atoms with E-state index in [1.54, 1.807) is 0 Å². The van der Waals surface area contributed by atoms with E-state index < -0.39 is 0 Å². The van der Waals surface area contributed by atoms with E-state index in [2.05, 4.69) is 46.1 Å². The summed E-state index contributed by atoms with van der Waals surface area (Å²) in [4.78, 5) is 12.6. The third-order valence-corrected chi connectivity index (χ3v) is 5.82. The highest BCUT2D eigenvalue weighted by Crippen LogP contribution is 2.16. The maximum atomic E-state index is 4.84. The van der Waals surface area contributed by atoms with Crippen molar-refractivity contribution in [3.8, 4) is 0 Å². The van der Waals surface area contributed by atoms with Crippen molar-refractivity contribution in [2.24, 2.45) is 4.99 Å². The van der Waals surface area contributed by atoms with Crippen LogP contribution in [0.5, 0.6) is 0 Å². The number of nitrogens with one attached hydrogen (secondary N) is 2. The molecule has 0 aromatic carbocycles. The number of guanidine groups is 1. The minimum absolute atomic E-state index is 0. The van der Waals surface area contributed by atoms with Gasteiger partial charge in [-0.15, -0.1) is 24.0 Å². The average Bonchev–Trinajstić information content (AvgIpc) is 3.13. The van der Waals surface area contributed by atoms with Crippen LogP contribution in [0.1, 0.15) is 46.5 Å². The summed E-state index contributed by atoms with van der Waals surface area (Å²) in [6.07, 6.45) is 5.10.